The lowest BCUT2D eigenvalue weighted by Gasteiger charge is -2.32. The van der Waals surface area contributed by atoms with E-state index in [9.17, 15) is 4.79 Å². The first kappa shape index (κ1) is 18.2. The van der Waals surface area contributed by atoms with E-state index < -0.39 is 0 Å². The second-order valence-electron chi connectivity index (χ2n) is 4.50. The molecule has 2 rings (SSSR count). The molecule has 1 saturated heterocycles. The minimum atomic E-state index is 0. The molecule has 1 heterocycles. The molecule has 1 aliphatic heterocycles. The van der Waals surface area contributed by atoms with E-state index >= 15 is 0 Å². The predicted molar refractivity (Wildman–Crippen MR) is 82.2 cm³/mol. The maximum Gasteiger partial charge on any atom is 0.253 e. The summed E-state index contributed by atoms with van der Waals surface area (Å²) in [4.78, 5) is 16.3. The molecule has 0 atom stereocenters. The third-order valence-electron chi connectivity index (χ3n) is 3.23. The van der Waals surface area contributed by atoms with Gasteiger partial charge in [-0.15, -0.1) is 24.8 Å². The summed E-state index contributed by atoms with van der Waals surface area (Å²) in [5.74, 6) is 0.127. The summed E-state index contributed by atoms with van der Waals surface area (Å²) in [6.45, 7) is 4.05. The molecule has 0 aliphatic carbocycles. The van der Waals surface area contributed by atoms with Crippen LogP contribution in [0, 0.1) is 0 Å². The highest BCUT2D eigenvalue weighted by molar-refractivity contribution is 5.94. The molecule has 0 radical (unpaired) electrons. The highest BCUT2D eigenvalue weighted by Crippen LogP contribution is 2.09. The molecular weight excluding hydrogens is 285 g/mol. The van der Waals surface area contributed by atoms with E-state index in [0.29, 0.717) is 6.54 Å². The summed E-state index contributed by atoms with van der Waals surface area (Å²) in [5, 5.41) is 0. The van der Waals surface area contributed by atoms with Crippen molar-refractivity contribution in [3.63, 3.8) is 0 Å². The molecule has 1 aromatic rings. The fraction of sp³-hybridized carbons (Fsp3) is 0.462. The average molecular weight is 306 g/mol. The molecule has 2 N–H and O–H groups in total. The molecule has 4 nitrogen and oxygen atoms in total. The third kappa shape index (κ3) is 4.66. The van der Waals surface area contributed by atoms with E-state index in [1.165, 1.54) is 0 Å². The zero-order valence-electron chi connectivity index (χ0n) is 11.0. The Labute approximate surface area is 126 Å². The van der Waals surface area contributed by atoms with E-state index in [1.54, 1.807) is 0 Å². The van der Waals surface area contributed by atoms with Gasteiger partial charge in [-0.2, -0.15) is 0 Å². The van der Waals surface area contributed by atoms with Crippen LogP contribution < -0.4 is 5.73 Å². The van der Waals surface area contributed by atoms with Crippen LogP contribution in [0.4, 0.5) is 0 Å². The van der Waals surface area contributed by atoms with Crippen molar-refractivity contribution in [2.75, 3.05) is 33.2 Å². The SMILES string of the molecule is CN1CCN(C(=O)c2ccc(CN)cc2)CC1.Cl.Cl. The Morgan fingerprint density at radius 3 is 2.11 bits per heavy atom. The van der Waals surface area contributed by atoms with Crippen molar-refractivity contribution in [1.29, 1.82) is 0 Å². The number of carbonyl (C=O) groups is 1. The topological polar surface area (TPSA) is 49.6 Å². The Bertz CT molecular complexity index is 389. The van der Waals surface area contributed by atoms with Crippen LogP contribution >= 0.6 is 24.8 Å². The van der Waals surface area contributed by atoms with Gasteiger partial charge >= 0.3 is 0 Å². The second-order valence-corrected chi connectivity index (χ2v) is 4.50. The van der Waals surface area contributed by atoms with Crippen LogP contribution in [0.2, 0.25) is 0 Å². The highest BCUT2D eigenvalue weighted by Gasteiger charge is 2.19. The summed E-state index contributed by atoms with van der Waals surface area (Å²) < 4.78 is 0. The van der Waals surface area contributed by atoms with Gasteiger partial charge in [0.05, 0.1) is 0 Å². The Morgan fingerprint density at radius 2 is 1.63 bits per heavy atom. The molecule has 108 valence electrons. The molecule has 1 aliphatic rings. The van der Waals surface area contributed by atoms with Gasteiger partial charge in [-0.25, -0.2) is 0 Å². The molecule has 0 unspecified atom stereocenters. The number of hydrogen-bond donors (Lipinski definition) is 1. The minimum absolute atomic E-state index is 0. The second kappa shape index (κ2) is 8.38. The molecule has 19 heavy (non-hydrogen) atoms. The van der Waals surface area contributed by atoms with Gasteiger partial charge in [-0.1, -0.05) is 12.1 Å². The molecular formula is C13H21Cl2N3O. The van der Waals surface area contributed by atoms with Crippen molar-refractivity contribution in [2.24, 2.45) is 5.73 Å². The normalized spacial score (nSPS) is 15.4. The Kier molecular flexibility index (Phi) is 8.02. The number of piperazine rings is 1. The minimum Gasteiger partial charge on any atom is -0.336 e. The molecule has 1 fully saturated rings. The fourth-order valence-corrected chi connectivity index (χ4v) is 1.98. The number of benzene rings is 1. The van der Waals surface area contributed by atoms with Crippen LogP contribution in [-0.4, -0.2) is 48.9 Å². The number of nitrogens with two attached hydrogens (primary N) is 1. The first-order valence-corrected chi connectivity index (χ1v) is 5.97. The van der Waals surface area contributed by atoms with Gasteiger partial charge in [0.15, 0.2) is 0 Å². The van der Waals surface area contributed by atoms with E-state index in [4.69, 9.17) is 5.73 Å². The van der Waals surface area contributed by atoms with Crippen LogP contribution in [0.15, 0.2) is 24.3 Å². The smallest absolute Gasteiger partial charge is 0.253 e. The lowest BCUT2D eigenvalue weighted by Crippen LogP contribution is -2.47. The first-order chi connectivity index (χ1) is 8.20. The maximum absolute atomic E-state index is 12.2. The van der Waals surface area contributed by atoms with Gasteiger partial charge < -0.3 is 15.5 Å². The quantitative estimate of drug-likeness (QED) is 0.898. The first-order valence-electron chi connectivity index (χ1n) is 5.97. The average Bonchev–Trinajstić information content (AvgIpc) is 2.39. The standard InChI is InChI=1S/C13H19N3O.2ClH/c1-15-6-8-16(9-7-15)13(17)12-4-2-11(10-14)3-5-12;;/h2-5H,6-10,14H2,1H3;2*1H. The number of amides is 1. The van der Waals surface area contributed by atoms with Crippen molar-refractivity contribution >= 4 is 30.7 Å². The van der Waals surface area contributed by atoms with Crippen molar-refractivity contribution in [3.05, 3.63) is 35.4 Å². The number of hydrogen-bond acceptors (Lipinski definition) is 3. The maximum atomic E-state index is 12.2. The van der Waals surface area contributed by atoms with Crippen molar-refractivity contribution < 1.29 is 4.79 Å². The zero-order valence-corrected chi connectivity index (χ0v) is 12.7. The van der Waals surface area contributed by atoms with Crippen LogP contribution in [0.25, 0.3) is 0 Å². The lowest BCUT2D eigenvalue weighted by atomic mass is 10.1. The predicted octanol–water partition coefficient (Wildman–Crippen LogP) is 1.38. The largest absolute Gasteiger partial charge is 0.336 e. The molecule has 1 amide bonds. The van der Waals surface area contributed by atoms with Crippen molar-refractivity contribution in [1.82, 2.24) is 9.80 Å². The van der Waals surface area contributed by atoms with Gasteiger partial charge in [0, 0.05) is 38.3 Å². The van der Waals surface area contributed by atoms with E-state index in [2.05, 4.69) is 11.9 Å². The number of likely N-dealkylation sites (N-methyl/N-ethyl adjacent to an activating group) is 1. The van der Waals surface area contributed by atoms with E-state index in [0.717, 1.165) is 37.3 Å². The summed E-state index contributed by atoms with van der Waals surface area (Å²) >= 11 is 0. The van der Waals surface area contributed by atoms with Crippen LogP contribution in [0.3, 0.4) is 0 Å². The van der Waals surface area contributed by atoms with Gasteiger partial charge in [0.2, 0.25) is 0 Å². The van der Waals surface area contributed by atoms with Crippen LogP contribution in [0.1, 0.15) is 15.9 Å². The van der Waals surface area contributed by atoms with Gasteiger partial charge in [-0.3, -0.25) is 4.79 Å². The van der Waals surface area contributed by atoms with E-state index in [-0.39, 0.29) is 30.7 Å². The fourth-order valence-electron chi connectivity index (χ4n) is 1.98. The molecule has 0 bridgehead atoms. The molecule has 1 aromatic carbocycles. The van der Waals surface area contributed by atoms with Crippen molar-refractivity contribution in [3.8, 4) is 0 Å². The van der Waals surface area contributed by atoms with Gasteiger partial charge in [0.25, 0.3) is 5.91 Å². The third-order valence-corrected chi connectivity index (χ3v) is 3.23. The molecule has 0 aromatic heterocycles. The molecule has 0 saturated carbocycles. The molecule has 6 heteroatoms. The number of halogens is 2. The zero-order chi connectivity index (χ0) is 12.3. The Morgan fingerprint density at radius 1 is 1.11 bits per heavy atom. The molecule has 0 spiro atoms. The summed E-state index contributed by atoms with van der Waals surface area (Å²) in [7, 11) is 2.08. The number of carbonyl (C=O) groups excluding carboxylic acids is 1. The summed E-state index contributed by atoms with van der Waals surface area (Å²) in [6, 6.07) is 7.57. The highest BCUT2D eigenvalue weighted by atomic mass is 35.5. The summed E-state index contributed by atoms with van der Waals surface area (Å²) in [6.07, 6.45) is 0. The van der Waals surface area contributed by atoms with Crippen molar-refractivity contribution in [2.45, 2.75) is 6.54 Å². The van der Waals surface area contributed by atoms with Gasteiger partial charge in [-0.05, 0) is 24.7 Å². The number of rotatable bonds is 2. The van der Waals surface area contributed by atoms with Gasteiger partial charge in [0.1, 0.15) is 0 Å². The Balaban J connectivity index is 0.00000162. The van der Waals surface area contributed by atoms with Crippen LogP contribution in [-0.2, 0) is 6.54 Å². The monoisotopic (exact) mass is 305 g/mol. The number of nitrogens with zero attached hydrogens (tertiary/aromatic N) is 2. The Hall–Kier alpha value is -0.810. The lowest BCUT2D eigenvalue weighted by molar-refractivity contribution is 0.0664. The van der Waals surface area contributed by atoms with E-state index in [1.807, 2.05) is 29.2 Å². The van der Waals surface area contributed by atoms with Crippen LogP contribution in [0.5, 0.6) is 0 Å². The summed E-state index contributed by atoms with van der Waals surface area (Å²) in [5.41, 5.74) is 7.34.